The van der Waals surface area contributed by atoms with Gasteiger partial charge in [0.2, 0.25) is 0 Å². The van der Waals surface area contributed by atoms with E-state index < -0.39 is 11.7 Å². The summed E-state index contributed by atoms with van der Waals surface area (Å²) in [5.41, 5.74) is 5.59. The maximum absolute atomic E-state index is 12.8. The van der Waals surface area contributed by atoms with Gasteiger partial charge < -0.3 is 10.5 Å². The van der Waals surface area contributed by atoms with Gasteiger partial charge in [0.05, 0.1) is 12.2 Å². The van der Waals surface area contributed by atoms with Crippen molar-refractivity contribution in [1.82, 2.24) is 0 Å². The third kappa shape index (κ3) is 3.16. The molecule has 0 radical (unpaired) electrons. The van der Waals surface area contributed by atoms with E-state index in [1.54, 1.807) is 6.92 Å². The Labute approximate surface area is 104 Å². The van der Waals surface area contributed by atoms with Crippen molar-refractivity contribution in [3.63, 3.8) is 0 Å². The molecule has 0 bridgehead atoms. The van der Waals surface area contributed by atoms with E-state index in [4.69, 9.17) is 10.5 Å². The average molecular weight is 259 g/mol. The van der Waals surface area contributed by atoms with Crippen LogP contribution in [-0.4, -0.2) is 6.61 Å². The van der Waals surface area contributed by atoms with E-state index in [2.05, 4.69) is 0 Å². The van der Waals surface area contributed by atoms with E-state index in [-0.39, 0.29) is 11.8 Å². The first-order chi connectivity index (χ1) is 8.38. The standard InChI is InChI=1S/C13H16F3NO/c1-8(17)10-4-5-11(13(14,15)16)12(6-10)18-7-9-2-3-9/h4-6,8-9H,2-3,7,17H2,1H3/t8-/m0/s1. The second-order valence-corrected chi connectivity index (χ2v) is 4.80. The van der Waals surface area contributed by atoms with Gasteiger partial charge in [-0.2, -0.15) is 13.2 Å². The molecular weight excluding hydrogens is 243 g/mol. The largest absolute Gasteiger partial charge is 0.493 e. The number of rotatable bonds is 4. The first-order valence-corrected chi connectivity index (χ1v) is 5.97. The number of alkyl halides is 3. The summed E-state index contributed by atoms with van der Waals surface area (Å²) >= 11 is 0. The van der Waals surface area contributed by atoms with Gasteiger partial charge in [-0.05, 0) is 43.4 Å². The van der Waals surface area contributed by atoms with Gasteiger partial charge >= 0.3 is 6.18 Å². The molecule has 0 unspecified atom stereocenters. The maximum atomic E-state index is 12.8. The Morgan fingerprint density at radius 3 is 2.56 bits per heavy atom. The van der Waals surface area contributed by atoms with Crippen LogP contribution < -0.4 is 10.5 Å². The fourth-order valence-electron chi connectivity index (χ4n) is 1.67. The summed E-state index contributed by atoms with van der Waals surface area (Å²) in [6.45, 7) is 2.08. The van der Waals surface area contributed by atoms with Crippen LogP contribution in [0.25, 0.3) is 0 Å². The predicted molar refractivity (Wildman–Crippen MR) is 62.3 cm³/mol. The van der Waals surface area contributed by atoms with Crippen molar-refractivity contribution in [3.8, 4) is 5.75 Å². The zero-order valence-electron chi connectivity index (χ0n) is 10.1. The molecule has 5 heteroatoms. The number of halogens is 3. The van der Waals surface area contributed by atoms with Gasteiger partial charge in [-0.15, -0.1) is 0 Å². The topological polar surface area (TPSA) is 35.2 Å². The van der Waals surface area contributed by atoms with Gasteiger partial charge in [0.15, 0.2) is 0 Å². The lowest BCUT2D eigenvalue weighted by molar-refractivity contribution is -0.139. The summed E-state index contributed by atoms with van der Waals surface area (Å²) in [6, 6.07) is 3.53. The number of ether oxygens (including phenoxy) is 1. The molecule has 1 aliphatic rings. The van der Waals surface area contributed by atoms with Crippen molar-refractivity contribution >= 4 is 0 Å². The van der Waals surface area contributed by atoms with Crippen LogP contribution in [0.2, 0.25) is 0 Å². The zero-order valence-corrected chi connectivity index (χ0v) is 10.1. The summed E-state index contributed by atoms with van der Waals surface area (Å²) in [4.78, 5) is 0. The van der Waals surface area contributed by atoms with Crippen molar-refractivity contribution in [1.29, 1.82) is 0 Å². The van der Waals surface area contributed by atoms with Gasteiger partial charge in [0.25, 0.3) is 0 Å². The molecule has 0 saturated heterocycles. The highest BCUT2D eigenvalue weighted by Gasteiger charge is 2.35. The number of nitrogens with two attached hydrogens (primary N) is 1. The van der Waals surface area contributed by atoms with Crippen molar-refractivity contribution in [2.24, 2.45) is 11.7 Å². The Morgan fingerprint density at radius 1 is 1.39 bits per heavy atom. The molecule has 1 aromatic carbocycles. The summed E-state index contributed by atoms with van der Waals surface area (Å²) < 4.78 is 43.7. The molecule has 0 heterocycles. The van der Waals surface area contributed by atoms with Gasteiger partial charge in [-0.3, -0.25) is 0 Å². The lowest BCUT2D eigenvalue weighted by Gasteiger charge is -2.16. The van der Waals surface area contributed by atoms with E-state index in [9.17, 15) is 13.2 Å². The predicted octanol–water partition coefficient (Wildman–Crippen LogP) is 3.51. The fourth-order valence-corrected chi connectivity index (χ4v) is 1.67. The highest BCUT2D eigenvalue weighted by Crippen LogP contribution is 2.38. The minimum Gasteiger partial charge on any atom is -0.493 e. The average Bonchev–Trinajstić information content (AvgIpc) is 3.08. The van der Waals surface area contributed by atoms with Gasteiger partial charge in [-0.25, -0.2) is 0 Å². The first kappa shape index (κ1) is 13.2. The lowest BCUT2D eigenvalue weighted by Crippen LogP contribution is -2.12. The molecule has 1 saturated carbocycles. The van der Waals surface area contributed by atoms with Crippen LogP contribution in [0.4, 0.5) is 13.2 Å². The minimum absolute atomic E-state index is 0.107. The first-order valence-electron chi connectivity index (χ1n) is 5.97. The molecule has 1 aliphatic carbocycles. The second kappa shape index (κ2) is 4.80. The van der Waals surface area contributed by atoms with E-state index in [0.717, 1.165) is 18.9 Å². The van der Waals surface area contributed by atoms with Crippen molar-refractivity contribution in [3.05, 3.63) is 29.3 Å². The van der Waals surface area contributed by atoms with Crippen molar-refractivity contribution < 1.29 is 17.9 Å². The van der Waals surface area contributed by atoms with Crippen LogP contribution in [0.15, 0.2) is 18.2 Å². The van der Waals surface area contributed by atoms with Gasteiger partial charge in [0.1, 0.15) is 5.75 Å². The summed E-state index contributed by atoms with van der Waals surface area (Å²) in [5, 5.41) is 0. The third-order valence-corrected chi connectivity index (χ3v) is 3.01. The zero-order chi connectivity index (χ0) is 13.3. The van der Waals surface area contributed by atoms with Gasteiger partial charge in [0, 0.05) is 6.04 Å². The second-order valence-electron chi connectivity index (χ2n) is 4.80. The monoisotopic (exact) mass is 259 g/mol. The normalized spacial score (nSPS) is 17.6. The highest BCUT2D eigenvalue weighted by molar-refractivity contribution is 5.40. The summed E-state index contributed by atoms with van der Waals surface area (Å²) in [5.74, 6) is 0.300. The van der Waals surface area contributed by atoms with E-state index in [0.29, 0.717) is 18.1 Å². The molecule has 1 fully saturated rings. The maximum Gasteiger partial charge on any atom is 0.419 e. The van der Waals surface area contributed by atoms with Crippen LogP contribution in [0, 0.1) is 5.92 Å². The van der Waals surface area contributed by atoms with Crippen LogP contribution >= 0.6 is 0 Å². The molecule has 2 nitrogen and oxygen atoms in total. The van der Waals surface area contributed by atoms with E-state index >= 15 is 0 Å². The summed E-state index contributed by atoms with van der Waals surface area (Å²) in [6.07, 6.45) is -2.32. The minimum atomic E-state index is -4.39. The molecular formula is C13H16F3NO. The Bertz CT molecular complexity index is 425. The third-order valence-electron chi connectivity index (χ3n) is 3.01. The molecule has 0 aliphatic heterocycles. The van der Waals surface area contributed by atoms with Crippen LogP contribution in [0.5, 0.6) is 5.75 Å². The Morgan fingerprint density at radius 2 is 2.06 bits per heavy atom. The van der Waals surface area contributed by atoms with Crippen molar-refractivity contribution in [2.45, 2.75) is 32.0 Å². The quantitative estimate of drug-likeness (QED) is 0.898. The molecule has 100 valence electrons. The molecule has 2 rings (SSSR count). The fraction of sp³-hybridized carbons (Fsp3) is 0.538. The molecule has 0 aromatic heterocycles. The molecule has 2 N–H and O–H groups in total. The van der Waals surface area contributed by atoms with Gasteiger partial charge in [-0.1, -0.05) is 6.07 Å². The van der Waals surface area contributed by atoms with E-state index in [1.165, 1.54) is 12.1 Å². The lowest BCUT2D eigenvalue weighted by atomic mass is 10.1. The number of hydrogen-bond acceptors (Lipinski definition) is 2. The smallest absolute Gasteiger partial charge is 0.419 e. The molecule has 1 aromatic rings. The molecule has 18 heavy (non-hydrogen) atoms. The molecule has 0 spiro atoms. The number of benzene rings is 1. The SMILES string of the molecule is C[C@H](N)c1ccc(C(F)(F)F)c(OCC2CC2)c1. The van der Waals surface area contributed by atoms with Crippen LogP contribution in [0.1, 0.15) is 36.9 Å². The number of hydrogen-bond donors (Lipinski definition) is 1. The Balaban J connectivity index is 2.26. The van der Waals surface area contributed by atoms with Crippen molar-refractivity contribution in [2.75, 3.05) is 6.61 Å². The summed E-state index contributed by atoms with van der Waals surface area (Å²) in [7, 11) is 0. The van der Waals surface area contributed by atoms with Crippen LogP contribution in [0.3, 0.4) is 0 Å². The molecule has 1 atom stereocenters. The molecule has 0 amide bonds. The van der Waals surface area contributed by atoms with Crippen LogP contribution in [-0.2, 0) is 6.18 Å². The highest BCUT2D eigenvalue weighted by atomic mass is 19.4. The Hall–Kier alpha value is -1.23. The Kier molecular flexibility index (Phi) is 3.52. The van der Waals surface area contributed by atoms with E-state index in [1.807, 2.05) is 0 Å².